The molecule has 0 bridgehead atoms. The van der Waals surface area contributed by atoms with E-state index in [2.05, 4.69) is 25.0 Å². The average molecular weight is 576 g/mol. The van der Waals surface area contributed by atoms with Crippen molar-refractivity contribution in [2.45, 2.75) is 26.2 Å². The summed E-state index contributed by atoms with van der Waals surface area (Å²) in [5.74, 6) is -1.95. The number of nitrogens with one attached hydrogen (secondary N) is 2. The van der Waals surface area contributed by atoms with Gasteiger partial charge in [0.25, 0.3) is 5.91 Å². The van der Waals surface area contributed by atoms with Crippen LogP contribution in [0, 0.1) is 11.6 Å². The first-order chi connectivity index (χ1) is 18.8. The zero-order valence-electron chi connectivity index (χ0n) is 21.1. The van der Waals surface area contributed by atoms with Gasteiger partial charge in [0.15, 0.2) is 11.6 Å². The Balaban J connectivity index is 1.49. The van der Waals surface area contributed by atoms with Crippen LogP contribution in [0.15, 0.2) is 42.7 Å². The van der Waals surface area contributed by atoms with E-state index in [9.17, 15) is 17.9 Å². The minimum absolute atomic E-state index is 0.0264. The van der Waals surface area contributed by atoms with Gasteiger partial charge in [-0.1, -0.05) is 12.1 Å². The van der Waals surface area contributed by atoms with Crippen molar-refractivity contribution in [3.8, 4) is 5.75 Å². The van der Waals surface area contributed by atoms with Gasteiger partial charge in [-0.15, -0.1) is 0 Å². The first-order valence-electron chi connectivity index (χ1n) is 12.0. The van der Waals surface area contributed by atoms with Crippen LogP contribution in [0.3, 0.4) is 0 Å². The van der Waals surface area contributed by atoms with Crippen LogP contribution in [-0.2, 0) is 17.7 Å². The molecule has 0 fully saturated rings. The Hall–Kier alpha value is -3.75. The highest BCUT2D eigenvalue weighted by Crippen LogP contribution is 2.31. The molecule has 39 heavy (non-hydrogen) atoms. The van der Waals surface area contributed by atoms with E-state index in [1.165, 1.54) is 6.33 Å². The number of amides is 1. The van der Waals surface area contributed by atoms with Gasteiger partial charge in [0.2, 0.25) is 0 Å². The van der Waals surface area contributed by atoms with Crippen molar-refractivity contribution in [3.05, 3.63) is 64.8 Å². The third-order valence-electron chi connectivity index (χ3n) is 5.81. The number of ether oxygens (including phenoxy) is 1. The lowest BCUT2D eigenvalue weighted by Crippen LogP contribution is -2.28. The van der Waals surface area contributed by atoms with Crippen molar-refractivity contribution in [2.24, 2.45) is 0 Å². The number of nitrogens with zero attached hydrogens (tertiary/aromatic N) is 4. The molecule has 206 valence electrons. The maximum absolute atomic E-state index is 15.4. The number of hydrogen-bond acceptors (Lipinski definition) is 9. The number of halogens is 2. The Morgan fingerprint density at radius 2 is 1.90 bits per heavy atom. The highest BCUT2D eigenvalue weighted by atomic mass is 32.2. The van der Waals surface area contributed by atoms with Gasteiger partial charge >= 0.3 is 0 Å². The van der Waals surface area contributed by atoms with Crippen LogP contribution < -0.4 is 19.7 Å². The van der Waals surface area contributed by atoms with Crippen LogP contribution in [0.4, 0.5) is 26.0 Å². The van der Waals surface area contributed by atoms with Gasteiger partial charge < -0.3 is 19.9 Å². The van der Waals surface area contributed by atoms with Gasteiger partial charge in [0.1, 0.15) is 39.5 Å². The highest BCUT2D eigenvalue weighted by molar-refractivity contribution is 7.80. The summed E-state index contributed by atoms with van der Waals surface area (Å²) in [6.07, 6.45) is 2.97. The van der Waals surface area contributed by atoms with E-state index in [1.807, 2.05) is 31.2 Å². The van der Waals surface area contributed by atoms with E-state index in [0.717, 1.165) is 39.3 Å². The fourth-order valence-corrected chi connectivity index (χ4v) is 5.19. The summed E-state index contributed by atoms with van der Waals surface area (Å²) in [7, 11) is 1.58. The standard InChI is InChI=1S/C25H26F2N6O4S2/c1-3-28-24-22-21(29-14-30-24)23(38-32-22)25(34)31-20-17(26)11-12-18(19(20)27)33(39(35)36)13-5-4-6-15-7-9-16(37-2)10-8-15/h7-12,14H,3-6,13H2,1-2H3,(H,31,34)(H,35,36)(H,28,29,30)/p-1. The molecule has 0 saturated carbocycles. The third-order valence-corrected chi connectivity index (χ3v) is 7.38. The lowest BCUT2D eigenvalue weighted by atomic mass is 10.1. The molecule has 0 spiro atoms. The predicted molar refractivity (Wildman–Crippen MR) is 146 cm³/mol. The topological polar surface area (TPSA) is 132 Å². The van der Waals surface area contributed by atoms with Crippen LogP contribution in [-0.4, -0.2) is 49.2 Å². The number of anilines is 3. The van der Waals surface area contributed by atoms with Crippen LogP contribution in [0.1, 0.15) is 35.0 Å². The maximum atomic E-state index is 15.4. The Labute approximate surface area is 230 Å². The summed E-state index contributed by atoms with van der Waals surface area (Å²) >= 11 is -2.03. The Bertz CT molecular complexity index is 1490. The number of aromatic nitrogens is 3. The molecular weight excluding hydrogens is 550 g/mol. The molecule has 2 aromatic heterocycles. The molecule has 4 rings (SSSR count). The van der Waals surface area contributed by atoms with Crippen molar-refractivity contribution >= 4 is 56.9 Å². The van der Waals surface area contributed by atoms with Gasteiger partial charge in [-0.05, 0) is 67.5 Å². The molecule has 2 aromatic carbocycles. The summed E-state index contributed by atoms with van der Waals surface area (Å²) in [6, 6.07) is 9.42. The quantitative estimate of drug-likeness (QED) is 0.184. The molecule has 0 aliphatic rings. The van der Waals surface area contributed by atoms with Crippen molar-refractivity contribution < 1.29 is 27.1 Å². The molecule has 2 heterocycles. The Morgan fingerprint density at radius 3 is 2.59 bits per heavy atom. The minimum Gasteiger partial charge on any atom is -0.755 e. The second kappa shape index (κ2) is 12.9. The van der Waals surface area contributed by atoms with Crippen molar-refractivity contribution in [1.29, 1.82) is 0 Å². The van der Waals surface area contributed by atoms with E-state index in [-0.39, 0.29) is 22.6 Å². The number of rotatable bonds is 12. The lowest BCUT2D eigenvalue weighted by Gasteiger charge is -2.27. The molecular formula is C25H25F2N6O4S2-. The van der Waals surface area contributed by atoms with Crippen molar-refractivity contribution in [1.82, 2.24) is 14.3 Å². The largest absolute Gasteiger partial charge is 0.755 e. The van der Waals surface area contributed by atoms with E-state index in [0.29, 0.717) is 37.1 Å². The molecule has 0 saturated heterocycles. The van der Waals surface area contributed by atoms with E-state index in [1.54, 1.807) is 7.11 Å². The first kappa shape index (κ1) is 28.3. The maximum Gasteiger partial charge on any atom is 0.269 e. The third kappa shape index (κ3) is 6.46. The number of carbonyl (C=O) groups excluding carboxylic acids is 1. The zero-order valence-corrected chi connectivity index (χ0v) is 22.7. The number of methoxy groups -OCH3 is 1. The van der Waals surface area contributed by atoms with Gasteiger partial charge in [-0.2, -0.15) is 4.37 Å². The first-order valence-corrected chi connectivity index (χ1v) is 13.8. The van der Waals surface area contributed by atoms with Crippen LogP contribution >= 0.6 is 11.5 Å². The lowest BCUT2D eigenvalue weighted by molar-refractivity contribution is 0.103. The van der Waals surface area contributed by atoms with Crippen molar-refractivity contribution in [2.75, 3.05) is 35.1 Å². The van der Waals surface area contributed by atoms with E-state index >= 15 is 4.39 Å². The van der Waals surface area contributed by atoms with Crippen LogP contribution in [0.25, 0.3) is 11.0 Å². The average Bonchev–Trinajstić information content (AvgIpc) is 3.37. The Kier molecular flexibility index (Phi) is 9.32. The monoisotopic (exact) mass is 575 g/mol. The summed E-state index contributed by atoms with van der Waals surface area (Å²) in [6.45, 7) is 2.39. The van der Waals surface area contributed by atoms with Gasteiger partial charge in [-0.25, -0.2) is 18.7 Å². The molecule has 14 heteroatoms. The summed E-state index contributed by atoms with van der Waals surface area (Å²) < 4.78 is 64.1. The molecule has 2 N–H and O–H groups in total. The number of aryl methyl sites for hydroxylation is 1. The number of unbranched alkanes of at least 4 members (excludes halogenated alkanes) is 1. The van der Waals surface area contributed by atoms with Crippen LogP contribution in [0.2, 0.25) is 0 Å². The van der Waals surface area contributed by atoms with E-state index < -0.39 is 34.5 Å². The number of carbonyl (C=O) groups is 1. The van der Waals surface area contributed by atoms with Crippen molar-refractivity contribution in [3.63, 3.8) is 0 Å². The second-order valence-electron chi connectivity index (χ2n) is 8.30. The molecule has 10 nitrogen and oxygen atoms in total. The fourth-order valence-electron chi connectivity index (χ4n) is 3.88. The van der Waals surface area contributed by atoms with E-state index in [4.69, 9.17) is 4.74 Å². The predicted octanol–water partition coefficient (Wildman–Crippen LogP) is 4.68. The minimum atomic E-state index is -2.84. The smallest absolute Gasteiger partial charge is 0.269 e. The molecule has 0 aliphatic heterocycles. The summed E-state index contributed by atoms with van der Waals surface area (Å²) in [5.41, 5.74) is 0.470. The van der Waals surface area contributed by atoms with Gasteiger partial charge in [0.05, 0.1) is 12.8 Å². The molecule has 0 radical (unpaired) electrons. The number of hydrogen-bond donors (Lipinski definition) is 2. The molecule has 4 aromatic rings. The van der Waals surface area contributed by atoms with Gasteiger partial charge in [0, 0.05) is 24.4 Å². The molecule has 1 unspecified atom stereocenters. The number of benzene rings is 2. The number of fused-ring (bicyclic) bond motifs is 1. The van der Waals surface area contributed by atoms with Crippen LogP contribution in [0.5, 0.6) is 5.75 Å². The second-order valence-corrected chi connectivity index (χ2v) is 9.94. The Morgan fingerprint density at radius 1 is 1.13 bits per heavy atom. The normalized spacial score (nSPS) is 11.8. The summed E-state index contributed by atoms with van der Waals surface area (Å²) in [4.78, 5) is 21.2. The summed E-state index contributed by atoms with van der Waals surface area (Å²) in [5, 5.41) is 5.23. The SMILES string of the molecule is CCNc1ncnc2c(C(=O)Nc3c(F)ccc(N(CCCCc4ccc(OC)cc4)S(=O)[O-])c3F)snc12. The molecule has 0 aliphatic carbocycles. The molecule has 1 amide bonds. The highest BCUT2D eigenvalue weighted by Gasteiger charge is 2.24. The fraction of sp³-hybridized carbons (Fsp3) is 0.280. The molecule has 1 atom stereocenters. The van der Waals surface area contributed by atoms with Gasteiger partial charge in [-0.3, -0.25) is 13.3 Å². The zero-order chi connectivity index (χ0) is 27.9.